The van der Waals surface area contributed by atoms with Gasteiger partial charge < -0.3 is 10.2 Å². The van der Waals surface area contributed by atoms with Gasteiger partial charge in [0.05, 0.1) is 0 Å². The van der Waals surface area contributed by atoms with Crippen molar-refractivity contribution in [1.29, 1.82) is 0 Å². The van der Waals surface area contributed by atoms with Crippen molar-refractivity contribution < 1.29 is 9.59 Å². The molecule has 2 heterocycles. The molecule has 1 aromatic carbocycles. The van der Waals surface area contributed by atoms with Gasteiger partial charge in [0.1, 0.15) is 5.71 Å². The van der Waals surface area contributed by atoms with E-state index in [0.29, 0.717) is 31.0 Å². The SMILES string of the molecule is CN1N=C(C(=O)NCC2CCN(CCc3ccccc3)C2)CCC1=O. The number of likely N-dealkylation sites (tertiary alicyclic amines) is 1. The average molecular weight is 342 g/mol. The van der Waals surface area contributed by atoms with Crippen molar-refractivity contribution in [3.8, 4) is 0 Å². The van der Waals surface area contributed by atoms with Crippen molar-refractivity contribution in [1.82, 2.24) is 15.2 Å². The van der Waals surface area contributed by atoms with Gasteiger partial charge in [0.2, 0.25) is 5.91 Å². The molecule has 1 atom stereocenters. The third kappa shape index (κ3) is 4.89. The summed E-state index contributed by atoms with van der Waals surface area (Å²) in [5.41, 5.74) is 1.83. The Hall–Kier alpha value is -2.21. The molecule has 0 aliphatic carbocycles. The Bertz CT molecular complexity index is 644. The van der Waals surface area contributed by atoms with Crippen LogP contribution in [0.25, 0.3) is 0 Å². The van der Waals surface area contributed by atoms with Crippen LogP contribution in [0.15, 0.2) is 35.4 Å². The number of hydrogen-bond donors (Lipinski definition) is 1. The number of nitrogens with one attached hydrogen (secondary N) is 1. The van der Waals surface area contributed by atoms with E-state index >= 15 is 0 Å². The number of rotatable bonds is 6. The van der Waals surface area contributed by atoms with E-state index in [1.54, 1.807) is 7.05 Å². The Balaban J connectivity index is 1.39. The highest BCUT2D eigenvalue weighted by atomic mass is 16.2. The molecule has 0 saturated carbocycles. The minimum atomic E-state index is -0.137. The van der Waals surface area contributed by atoms with Gasteiger partial charge in [-0.05, 0) is 30.9 Å². The Morgan fingerprint density at radius 3 is 2.84 bits per heavy atom. The average Bonchev–Trinajstić information content (AvgIpc) is 3.09. The molecule has 6 heteroatoms. The fourth-order valence-corrected chi connectivity index (χ4v) is 3.39. The van der Waals surface area contributed by atoms with Crippen LogP contribution in [0, 0.1) is 5.92 Å². The molecule has 3 rings (SSSR count). The van der Waals surface area contributed by atoms with Gasteiger partial charge in [0, 0.05) is 39.5 Å². The zero-order valence-corrected chi connectivity index (χ0v) is 14.8. The summed E-state index contributed by atoms with van der Waals surface area (Å²) >= 11 is 0. The van der Waals surface area contributed by atoms with Crippen LogP contribution in [0.2, 0.25) is 0 Å². The Morgan fingerprint density at radius 2 is 2.08 bits per heavy atom. The van der Waals surface area contributed by atoms with E-state index in [2.05, 4.69) is 39.6 Å². The maximum absolute atomic E-state index is 12.2. The number of amides is 2. The summed E-state index contributed by atoms with van der Waals surface area (Å²) in [6, 6.07) is 10.5. The van der Waals surface area contributed by atoms with Gasteiger partial charge in [-0.1, -0.05) is 30.3 Å². The normalized spacial score (nSPS) is 21.3. The maximum atomic E-state index is 12.2. The smallest absolute Gasteiger partial charge is 0.267 e. The second kappa shape index (κ2) is 8.25. The topological polar surface area (TPSA) is 65.0 Å². The fraction of sp³-hybridized carbons (Fsp3) is 0.526. The molecule has 1 fully saturated rings. The van der Waals surface area contributed by atoms with Crippen LogP contribution in [0.3, 0.4) is 0 Å². The lowest BCUT2D eigenvalue weighted by Gasteiger charge is -2.20. The summed E-state index contributed by atoms with van der Waals surface area (Å²) in [6.07, 6.45) is 2.97. The molecule has 1 N–H and O–H groups in total. The Labute approximate surface area is 148 Å². The molecular formula is C19H26N4O2. The van der Waals surface area contributed by atoms with Gasteiger partial charge in [-0.3, -0.25) is 9.59 Å². The van der Waals surface area contributed by atoms with E-state index in [4.69, 9.17) is 0 Å². The summed E-state index contributed by atoms with van der Waals surface area (Å²) in [6.45, 7) is 3.86. The molecule has 2 aliphatic heterocycles. The molecular weight excluding hydrogens is 316 g/mol. The predicted molar refractivity (Wildman–Crippen MR) is 97.1 cm³/mol. The van der Waals surface area contributed by atoms with Crippen LogP contribution in [-0.2, 0) is 16.0 Å². The molecule has 0 spiro atoms. The van der Waals surface area contributed by atoms with Crippen molar-refractivity contribution in [2.45, 2.75) is 25.7 Å². The molecule has 6 nitrogen and oxygen atoms in total. The van der Waals surface area contributed by atoms with E-state index in [0.717, 1.165) is 32.5 Å². The molecule has 134 valence electrons. The number of carbonyl (C=O) groups excluding carboxylic acids is 2. The third-order valence-corrected chi connectivity index (χ3v) is 4.95. The molecule has 1 aromatic rings. The molecule has 1 saturated heterocycles. The number of hydrogen-bond acceptors (Lipinski definition) is 4. The van der Waals surface area contributed by atoms with E-state index in [9.17, 15) is 9.59 Å². The van der Waals surface area contributed by atoms with E-state index < -0.39 is 0 Å². The molecule has 25 heavy (non-hydrogen) atoms. The lowest BCUT2D eigenvalue weighted by Crippen LogP contribution is -2.39. The van der Waals surface area contributed by atoms with Crippen molar-refractivity contribution in [2.24, 2.45) is 11.0 Å². The van der Waals surface area contributed by atoms with Crippen LogP contribution in [0.1, 0.15) is 24.8 Å². The van der Waals surface area contributed by atoms with Crippen molar-refractivity contribution in [3.05, 3.63) is 35.9 Å². The maximum Gasteiger partial charge on any atom is 0.267 e. The van der Waals surface area contributed by atoms with E-state index in [1.807, 2.05) is 6.07 Å². The monoisotopic (exact) mass is 342 g/mol. The van der Waals surface area contributed by atoms with Gasteiger partial charge in [-0.15, -0.1) is 0 Å². The minimum absolute atomic E-state index is 0.0404. The second-order valence-electron chi connectivity index (χ2n) is 6.86. The highest BCUT2D eigenvalue weighted by Gasteiger charge is 2.25. The summed E-state index contributed by atoms with van der Waals surface area (Å²) in [5.74, 6) is 0.312. The number of carbonyl (C=O) groups is 2. The lowest BCUT2D eigenvalue weighted by molar-refractivity contribution is -0.130. The van der Waals surface area contributed by atoms with Gasteiger partial charge in [0.25, 0.3) is 5.91 Å². The molecule has 2 aliphatic rings. The highest BCUT2D eigenvalue weighted by Crippen LogP contribution is 2.16. The Kier molecular flexibility index (Phi) is 5.81. The highest BCUT2D eigenvalue weighted by molar-refractivity contribution is 6.39. The van der Waals surface area contributed by atoms with Crippen LogP contribution in [0.5, 0.6) is 0 Å². The quantitative estimate of drug-likeness (QED) is 0.847. The fourth-order valence-electron chi connectivity index (χ4n) is 3.39. The molecule has 0 aromatic heterocycles. The minimum Gasteiger partial charge on any atom is -0.351 e. The summed E-state index contributed by atoms with van der Waals surface area (Å²) < 4.78 is 0. The summed E-state index contributed by atoms with van der Waals surface area (Å²) in [4.78, 5) is 26.1. The molecule has 1 unspecified atom stereocenters. The number of hydrazone groups is 1. The summed E-state index contributed by atoms with van der Waals surface area (Å²) in [5, 5.41) is 8.32. The van der Waals surface area contributed by atoms with Crippen LogP contribution < -0.4 is 5.32 Å². The van der Waals surface area contributed by atoms with Crippen molar-refractivity contribution in [3.63, 3.8) is 0 Å². The van der Waals surface area contributed by atoms with Crippen LogP contribution >= 0.6 is 0 Å². The summed E-state index contributed by atoms with van der Waals surface area (Å²) in [7, 11) is 1.59. The largest absolute Gasteiger partial charge is 0.351 e. The third-order valence-electron chi connectivity index (χ3n) is 4.95. The van der Waals surface area contributed by atoms with E-state index in [-0.39, 0.29) is 11.8 Å². The number of benzene rings is 1. The van der Waals surface area contributed by atoms with Crippen molar-refractivity contribution >= 4 is 17.5 Å². The Morgan fingerprint density at radius 1 is 1.28 bits per heavy atom. The lowest BCUT2D eigenvalue weighted by atomic mass is 10.1. The zero-order valence-electron chi connectivity index (χ0n) is 14.8. The van der Waals surface area contributed by atoms with Gasteiger partial charge in [-0.2, -0.15) is 5.10 Å². The second-order valence-corrected chi connectivity index (χ2v) is 6.86. The first-order chi connectivity index (χ1) is 12.1. The first-order valence-corrected chi connectivity index (χ1v) is 9.00. The van der Waals surface area contributed by atoms with Gasteiger partial charge >= 0.3 is 0 Å². The van der Waals surface area contributed by atoms with Gasteiger partial charge in [0.15, 0.2) is 0 Å². The van der Waals surface area contributed by atoms with Crippen LogP contribution in [0.4, 0.5) is 0 Å². The number of nitrogens with zero attached hydrogens (tertiary/aromatic N) is 3. The first-order valence-electron chi connectivity index (χ1n) is 9.00. The standard InChI is InChI=1S/C19H26N4O2/c1-22-18(24)8-7-17(21-22)19(25)20-13-16-10-12-23(14-16)11-9-15-5-3-2-4-6-15/h2-6,16H,7-14H2,1H3,(H,20,25). The molecule has 0 bridgehead atoms. The molecule has 0 radical (unpaired) electrons. The zero-order chi connectivity index (χ0) is 17.6. The van der Waals surface area contributed by atoms with Crippen LogP contribution in [-0.4, -0.2) is 60.7 Å². The van der Waals surface area contributed by atoms with E-state index in [1.165, 1.54) is 10.6 Å². The van der Waals surface area contributed by atoms with Gasteiger partial charge in [-0.25, -0.2) is 5.01 Å². The first kappa shape index (κ1) is 17.6. The molecule has 2 amide bonds. The predicted octanol–water partition coefficient (Wildman–Crippen LogP) is 1.28. The van der Waals surface area contributed by atoms with Crippen molar-refractivity contribution in [2.75, 3.05) is 33.2 Å².